The number of nitrogens with zero attached hydrogens (tertiary/aromatic N) is 6. The van der Waals surface area contributed by atoms with E-state index in [2.05, 4.69) is 31.7 Å². The van der Waals surface area contributed by atoms with E-state index >= 15 is 0 Å². The second-order valence-corrected chi connectivity index (χ2v) is 8.96. The Bertz CT molecular complexity index is 1040. The van der Waals surface area contributed by atoms with Crippen molar-refractivity contribution in [2.24, 2.45) is 0 Å². The average Bonchev–Trinajstić information content (AvgIpc) is 3.34. The Morgan fingerprint density at radius 2 is 2.07 bits per heavy atom. The van der Waals surface area contributed by atoms with Crippen LogP contribution >= 0.6 is 11.3 Å². The summed E-state index contributed by atoms with van der Waals surface area (Å²) >= 11 is 1.63. The zero-order chi connectivity index (χ0) is 19.3. The molecule has 0 saturated carbocycles. The molecule has 1 fully saturated rings. The van der Waals surface area contributed by atoms with Crippen LogP contribution in [0.4, 0.5) is 0 Å². The summed E-state index contributed by atoms with van der Waals surface area (Å²) in [6.07, 6.45) is 3.08. The molecule has 0 radical (unpaired) electrons. The Kier molecular flexibility index (Phi) is 4.40. The predicted octanol–water partition coefficient (Wildman–Crippen LogP) is 2.66. The molecule has 8 heteroatoms. The van der Waals surface area contributed by atoms with Crippen molar-refractivity contribution in [3.8, 4) is 0 Å². The van der Waals surface area contributed by atoms with Crippen LogP contribution in [0.5, 0.6) is 0 Å². The first-order valence-corrected chi connectivity index (χ1v) is 10.7. The zero-order valence-electron chi connectivity index (χ0n) is 16.3. The standard InChI is InChI=1S/C20H24N6OS/c1-13-21-15-6-5-14(12-17(15)28-13)20(27)25-9-7-18-22-23-19(26(18)11-10-25)16-4-3-8-24(16)2/h5-6,12,16H,3-4,7-11H2,1-2H3/t16-/m1/s1. The van der Waals surface area contributed by atoms with E-state index in [1.54, 1.807) is 11.3 Å². The third-order valence-corrected chi connectivity index (χ3v) is 6.84. The molecule has 0 aliphatic carbocycles. The van der Waals surface area contributed by atoms with Crippen LogP contribution in [0.15, 0.2) is 18.2 Å². The van der Waals surface area contributed by atoms with E-state index in [9.17, 15) is 4.79 Å². The molecule has 7 nitrogen and oxygen atoms in total. The van der Waals surface area contributed by atoms with Crippen LogP contribution in [0, 0.1) is 6.92 Å². The molecule has 1 atom stereocenters. The normalized spacial score (nSPS) is 20.5. The van der Waals surface area contributed by atoms with E-state index in [1.165, 1.54) is 6.42 Å². The van der Waals surface area contributed by atoms with Crippen LogP contribution in [0.2, 0.25) is 0 Å². The smallest absolute Gasteiger partial charge is 0.253 e. The molecule has 5 rings (SSSR count). The molecule has 0 bridgehead atoms. The topological polar surface area (TPSA) is 67.2 Å². The van der Waals surface area contributed by atoms with Crippen LogP contribution in [-0.2, 0) is 13.0 Å². The predicted molar refractivity (Wildman–Crippen MR) is 109 cm³/mol. The summed E-state index contributed by atoms with van der Waals surface area (Å²) in [7, 11) is 2.16. The van der Waals surface area contributed by atoms with Gasteiger partial charge in [-0.1, -0.05) is 0 Å². The molecule has 1 amide bonds. The monoisotopic (exact) mass is 396 g/mol. The Morgan fingerprint density at radius 1 is 1.18 bits per heavy atom. The SMILES string of the molecule is Cc1nc2ccc(C(=O)N3CCc4nnc([C@H]5CCCN5C)n4CC3)cc2s1. The molecule has 146 valence electrons. The number of carbonyl (C=O) groups is 1. The molecule has 2 aromatic heterocycles. The fraction of sp³-hybridized carbons (Fsp3) is 0.500. The van der Waals surface area contributed by atoms with Gasteiger partial charge in [-0.05, 0) is 51.6 Å². The van der Waals surface area contributed by atoms with E-state index in [1.807, 2.05) is 30.0 Å². The van der Waals surface area contributed by atoms with E-state index in [0.29, 0.717) is 19.1 Å². The van der Waals surface area contributed by atoms with Crippen LogP contribution < -0.4 is 0 Å². The van der Waals surface area contributed by atoms with Gasteiger partial charge < -0.3 is 9.47 Å². The van der Waals surface area contributed by atoms with Crippen molar-refractivity contribution >= 4 is 27.5 Å². The highest BCUT2D eigenvalue weighted by Crippen LogP contribution is 2.30. The second kappa shape index (κ2) is 6.93. The van der Waals surface area contributed by atoms with Crippen LogP contribution in [-0.4, -0.2) is 62.1 Å². The van der Waals surface area contributed by atoms with Gasteiger partial charge in [0.25, 0.3) is 5.91 Å². The van der Waals surface area contributed by atoms with Gasteiger partial charge in [0, 0.05) is 31.6 Å². The second-order valence-electron chi connectivity index (χ2n) is 7.72. The number of fused-ring (bicyclic) bond motifs is 2. The van der Waals surface area contributed by atoms with Crippen molar-refractivity contribution in [2.75, 3.05) is 26.7 Å². The van der Waals surface area contributed by atoms with Crippen LogP contribution in [0.25, 0.3) is 10.2 Å². The highest BCUT2D eigenvalue weighted by Gasteiger charge is 2.30. The average molecular weight is 397 g/mol. The van der Waals surface area contributed by atoms with Gasteiger partial charge in [-0.3, -0.25) is 9.69 Å². The first-order valence-electron chi connectivity index (χ1n) is 9.89. The van der Waals surface area contributed by atoms with Crippen molar-refractivity contribution in [3.63, 3.8) is 0 Å². The van der Waals surface area contributed by atoms with Crippen LogP contribution in [0.3, 0.4) is 0 Å². The number of carbonyl (C=O) groups excluding carboxylic acids is 1. The summed E-state index contributed by atoms with van der Waals surface area (Å²) in [6.45, 7) is 5.23. The molecule has 4 heterocycles. The largest absolute Gasteiger partial charge is 0.336 e. The highest BCUT2D eigenvalue weighted by atomic mass is 32.1. The lowest BCUT2D eigenvalue weighted by molar-refractivity contribution is 0.0758. The number of likely N-dealkylation sites (tertiary alicyclic amines) is 1. The maximum Gasteiger partial charge on any atom is 0.253 e. The minimum Gasteiger partial charge on any atom is -0.336 e. The van der Waals surface area contributed by atoms with Crippen LogP contribution in [0.1, 0.15) is 45.9 Å². The van der Waals surface area contributed by atoms with Gasteiger partial charge >= 0.3 is 0 Å². The Hall–Kier alpha value is -2.32. The molecule has 1 aromatic carbocycles. The third-order valence-electron chi connectivity index (χ3n) is 5.90. The molecule has 1 saturated heterocycles. The highest BCUT2D eigenvalue weighted by molar-refractivity contribution is 7.18. The minimum atomic E-state index is 0.0891. The van der Waals surface area contributed by atoms with Gasteiger partial charge in [0.15, 0.2) is 0 Å². The number of hydrogen-bond donors (Lipinski definition) is 0. The molecular formula is C20H24N6OS. The number of amides is 1. The number of thiazole rings is 1. The molecule has 2 aliphatic rings. The molecule has 2 aliphatic heterocycles. The Balaban J connectivity index is 1.36. The number of hydrogen-bond acceptors (Lipinski definition) is 6. The molecule has 0 unspecified atom stereocenters. The summed E-state index contributed by atoms with van der Waals surface area (Å²) in [5.41, 5.74) is 1.70. The fourth-order valence-electron chi connectivity index (χ4n) is 4.39. The van der Waals surface area contributed by atoms with Crippen molar-refractivity contribution in [2.45, 2.75) is 38.8 Å². The van der Waals surface area contributed by atoms with E-state index in [4.69, 9.17) is 0 Å². The molecule has 0 spiro atoms. The summed E-state index contributed by atoms with van der Waals surface area (Å²) in [5.74, 6) is 2.15. The lowest BCUT2D eigenvalue weighted by Crippen LogP contribution is -2.34. The number of benzene rings is 1. The number of aryl methyl sites for hydroxylation is 1. The summed E-state index contributed by atoms with van der Waals surface area (Å²) in [4.78, 5) is 21.9. The lowest BCUT2D eigenvalue weighted by atomic mass is 10.2. The lowest BCUT2D eigenvalue weighted by Gasteiger charge is -2.22. The van der Waals surface area contributed by atoms with Crippen molar-refractivity contribution in [3.05, 3.63) is 40.4 Å². The fourth-order valence-corrected chi connectivity index (χ4v) is 5.25. The Morgan fingerprint density at radius 3 is 2.89 bits per heavy atom. The van der Waals surface area contributed by atoms with Crippen molar-refractivity contribution < 1.29 is 4.79 Å². The van der Waals surface area contributed by atoms with Crippen molar-refractivity contribution in [1.29, 1.82) is 0 Å². The summed E-state index contributed by atoms with van der Waals surface area (Å²) < 4.78 is 3.32. The minimum absolute atomic E-state index is 0.0891. The van der Waals surface area contributed by atoms with Crippen molar-refractivity contribution in [1.82, 2.24) is 29.5 Å². The summed E-state index contributed by atoms with van der Waals surface area (Å²) in [6, 6.07) is 6.17. The third kappa shape index (κ3) is 3.00. The van der Waals surface area contributed by atoms with E-state index < -0.39 is 0 Å². The van der Waals surface area contributed by atoms with Gasteiger partial charge in [0.05, 0.1) is 21.3 Å². The van der Waals surface area contributed by atoms with E-state index in [-0.39, 0.29) is 5.91 Å². The van der Waals surface area contributed by atoms with Gasteiger partial charge in [-0.25, -0.2) is 4.98 Å². The Labute approximate surface area is 168 Å². The first kappa shape index (κ1) is 17.8. The van der Waals surface area contributed by atoms with Gasteiger partial charge in [0.1, 0.15) is 11.6 Å². The maximum atomic E-state index is 13.1. The molecule has 0 N–H and O–H groups in total. The zero-order valence-corrected chi connectivity index (χ0v) is 17.1. The number of rotatable bonds is 2. The quantitative estimate of drug-likeness (QED) is 0.666. The molecule has 3 aromatic rings. The molecule has 28 heavy (non-hydrogen) atoms. The summed E-state index contributed by atoms with van der Waals surface area (Å²) in [5, 5.41) is 9.97. The van der Waals surface area contributed by atoms with E-state index in [0.717, 1.165) is 58.4 Å². The first-order chi connectivity index (χ1) is 13.6. The van der Waals surface area contributed by atoms with Gasteiger partial charge in [0.2, 0.25) is 0 Å². The molecular weight excluding hydrogens is 372 g/mol. The number of aromatic nitrogens is 4. The maximum absolute atomic E-state index is 13.1. The van der Waals surface area contributed by atoms with Gasteiger partial charge in [-0.15, -0.1) is 21.5 Å². The van der Waals surface area contributed by atoms with Gasteiger partial charge in [-0.2, -0.15) is 0 Å².